The zero-order chi connectivity index (χ0) is 17.4. The molecule has 4 rings (SSSR count). The van der Waals surface area contributed by atoms with Gasteiger partial charge < -0.3 is 5.11 Å². The Morgan fingerprint density at radius 2 is 1.84 bits per heavy atom. The quantitative estimate of drug-likeness (QED) is 0.934. The molecule has 1 saturated heterocycles. The average Bonchev–Trinajstić information content (AvgIpc) is 3.02. The third kappa shape index (κ3) is 3.21. The van der Waals surface area contributed by atoms with Gasteiger partial charge in [0.15, 0.2) is 0 Å². The highest BCUT2D eigenvalue weighted by atomic mass is 16.3. The molecular weight excluding hydrogens is 310 g/mol. The summed E-state index contributed by atoms with van der Waals surface area (Å²) < 4.78 is 0. The Labute approximate surface area is 149 Å². The third-order valence-electron chi connectivity index (χ3n) is 6.05. The third-order valence-corrected chi connectivity index (χ3v) is 6.05. The van der Waals surface area contributed by atoms with E-state index in [1.54, 1.807) is 0 Å². The van der Waals surface area contributed by atoms with E-state index < -0.39 is 5.60 Å². The number of hydrogen-bond donors (Lipinski definition) is 1. The molecule has 0 unspecified atom stereocenters. The molecule has 2 heterocycles. The molecule has 4 heteroatoms. The summed E-state index contributed by atoms with van der Waals surface area (Å²) in [7, 11) is 0. The summed E-state index contributed by atoms with van der Waals surface area (Å²) in [6.07, 6.45) is 7.05. The number of aryl methyl sites for hydroxylation is 2. The van der Waals surface area contributed by atoms with Crippen LogP contribution in [0.4, 0.5) is 0 Å². The molecule has 1 aliphatic carbocycles. The molecule has 4 nitrogen and oxygen atoms in total. The zero-order valence-corrected chi connectivity index (χ0v) is 15.2. The molecule has 1 N–H and O–H groups in total. The molecule has 132 valence electrons. The number of likely N-dealkylation sites (tertiary alicyclic amines) is 1. The molecule has 1 aromatic carbocycles. The first-order valence-electron chi connectivity index (χ1n) is 9.34. The second-order valence-corrected chi connectivity index (χ2v) is 7.88. The highest BCUT2D eigenvalue weighted by Gasteiger charge is 2.49. The van der Waals surface area contributed by atoms with Crippen molar-refractivity contribution in [3.8, 4) is 0 Å². The Morgan fingerprint density at radius 1 is 1.12 bits per heavy atom. The summed E-state index contributed by atoms with van der Waals surface area (Å²) in [5, 5.41) is 11.6. The van der Waals surface area contributed by atoms with Gasteiger partial charge in [0.25, 0.3) is 0 Å². The molecule has 2 aliphatic rings. The standard InChI is InChI=1S/C21H27N3O/c1-15-5-7-19(8-6-15)21(25)9-3-4-18-13-24(14-20(18)21)12-17-10-22-16(2)23-11-17/h5-8,10-11,18,20,25H,3-4,9,12-14H2,1-2H3/t18-,20-,21-/m1/s1. The number of benzene rings is 1. The van der Waals surface area contributed by atoms with Crippen LogP contribution in [-0.4, -0.2) is 33.1 Å². The van der Waals surface area contributed by atoms with E-state index in [4.69, 9.17) is 0 Å². The van der Waals surface area contributed by atoms with E-state index in [0.29, 0.717) is 11.8 Å². The highest BCUT2D eigenvalue weighted by Crippen LogP contribution is 2.48. The van der Waals surface area contributed by atoms with Crippen LogP contribution < -0.4 is 0 Å². The fourth-order valence-corrected chi connectivity index (χ4v) is 4.70. The largest absolute Gasteiger partial charge is 0.385 e. The van der Waals surface area contributed by atoms with E-state index in [-0.39, 0.29) is 0 Å². The van der Waals surface area contributed by atoms with Gasteiger partial charge >= 0.3 is 0 Å². The van der Waals surface area contributed by atoms with E-state index in [1.807, 2.05) is 19.3 Å². The first-order valence-corrected chi connectivity index (χ1v) is 9.34. The summed E-state index contributed by atoms with van der Waals surface area (Å²) in [4.78, 5) is 11.1. The molecule has 1 saturated carbocycles. The average molecular weight is 337 g/mol. The monoisotopic (exact) mass is 337 g/mol. The smallest absolute Gasteiger partial charge is 0.125 e. The number of aliphatic hydroxyl groups is 1. The molecule has 1 aliphatic heterocycles. The number of aromatic nitrogens is 2. The summed E-state index contributed by atoms with van der Waals surface area (Å²) in [5.74, 6) is 1.70. The van der Waals surface area contributed by atoms with Gasteiger partial charge in [0.2, 0.25) is 0 Å². The summed E-state index contributed by atoms with van der Waals surface area (Å²) in [6, 6.07) is 8.48. The minimum atomic E-state index is -0.685. The molecular formula is C21H27N3O. The van der Waals surface area contributed by atoms with Gasteiger partial charge in [-0.15, -0.1) is 0 Å². The Morgan fingerprint density at radius 3 is 2.56 bits per heavy atom. The van der Waals surface area contributed by atoms with Gasteiger partial charge in [0.05, 0.1) is 5.60 Å². The van der Waals surface area contributed by atoms with Crippen molar-refractivity contribution in [2.75, 3.05) is 13.1 Å². The van der Waals surface area contributed by atoms with Crippen LogP contribution in [0.3, 0.4) is 0 Å². The predicted molar refractivity (Wildman–Crippen MR) is 98.0 cm³/mol. The minimum absolute atomic E-state index is 0.315. The molecule has 0 spiro atoms. The first-order chi connectivity index (χ1) is 12.0. The molecule has 25 heavy (non-hydrogen) atoms. The van der Waals surface area contributed by atoms with Crippen LogP contribution in [0.1, 0.15) is 41.8 Å². The minimum Gasteiger partial charge on any atom is -0.385 e. The van der Waals surface area contributed by atoms with E-state index >= 15 is 0 Å². The second-order valence-electron chi connectivity index (χ2n) is 7.88. The maximum absolute atomic E-state index is 11.6. The summed E-state index contributed by atoms with van der Waals surface area (Å²) >= 11 is 0. The SMILES string of the molecule is Cc1ccc([C@]2(O)CCC[C@@H]3CN(Cc4cnc(C)nc4)C[C@H]32)cc1. The number of hydrogen-bond acceptors (Lipinski definition) is 4. The van der Waals surface area contributed by atoms with Crippen molar-refractivity contribution in [2.45, 2.75) is 45.3 Å². The van der Waals surface area contributed by atoms with Crippen LogP contribution in [0.25, 0.3) is 0 Å². The predicted octanol–water partition coefficient (Wildman–Crippen LogP) is 3.21. The molecule has 2 aromatic rings. The maximum atomic E-state index is 11.6. The van der Waals surface area contributed by atoms with E-state index in [0.717, 1.165) is 49.4 Å². The van der Waals surface area contributed by atoms with Crippen molar-refractivity contribution in [3.63, 3.8) is 0 Å². The highest BCUT2D eigenvalue weighted by molar-refractivity contribution is 5.28. The Kier molecular flexibility index (Phi) is 4.34. The summed E-state index contributed by atoms with van der Waals surface area (Å²) in [6.45, 7) is 6.89. The Hall–Kier alpha value is -1.78. The fraction of sp³-hybridized carbons (Fsp3) is 0.524. The van der Waals surface area contributed by atoms with Crippen molar-refractivity contribution >= 4 is 0 Å². The molecule has 0 amide bonds. The Bertz CT molecular complexity index is 728. The van der Waals surface area contributed by atoms with Gasteiger partial charge in [0.1, 0.15) is 5.82 Å². The lowest BCUT2D eigenvalue weighted by Gasteiger charge is -2.41. The number of fused-ring (bicyclic) bond motifs is 1. The van der Waals surface area contributed by atoms with Crippen LogP contribution in [0.15, 0.2) is 36.7 Å². The fourth-order valence-electron chi connectivity index (χ4n) is 4.70. The van der Waals surface area contributed by atoms with Gasteiger partial charge in [-0.1, -0.05) is 29.8 Å². The molecule has 2 fully saturated rings. The van der Waals surface area contributed by atoms with Crippen molar-refractivity contribution in [2.24, 2.45) is 11.8 Å². The van der Waals surface area contributed by atoms with Gasteiger partial charge in [-0.25, -0.2) is 9.97 Å². The lowest BCUT2D eigenvalue weighted by atomic mass is 9.67. The zero-order valence-electron chi connectivity index (χ0n) is 15.2. The van der Waals surface area contributed by atoms with Crippen LogP contribution in [-0.2, 0) is 12.1 Å². The molecule has 0 radical (unpaired) electrons. The van der Waals surface area contributed by atoms with Crippen molar-refractivity contribution in [3.05, 3.63) is 59.2 Å². The number of nitrogens with zero attached hydrogens (tertiary/aromatic N) is 3. The number of rotatable bonds is 3. The first kappa shape index (κ1) is 16.7. The van der Waals surface area contributed by atoms with E-state index in [9.17, 15) is 5.11 Å². The lowest BCUT2D eigenvalue weighted by molar-refractivity contribution is -0.0648. The van der Waals surface area contributed by atoms with E-state index in [2.05, 4.69) is 46.1 Å². The van der Waals surface area contributed by atoms with Gasteiger partial charge in [-0.2, -0.15) is 0 Å². The maximum Gasteiger partial charge on any atom is 0.125 e. The van der Waals surface area contributed by atoms with Crippen LogP contribution in [0, 0.1) is 25.7 Å². The van der Waals surface area contributed by atoms with Crippen molar-refractivity contribution in [1.82, 2.24) is 14.9 Å². The van der Waals surface area contributed by atoms with Gasteiger partial charge in [-0.05, 0) is 44.6 Å². The molecule has 3 atom stereocenters. The second kappa shape index (κ2) is 6.50. The van der Waals surface area contributed by atoms with Crippen LogP contribution >= 0.6 is 0 Å². The van der Waals surface area contributed by atoms with Gasteiger partial charge in [0, 0.05) is 43.5 Å². The molecule has 1 aromatic heterocycles. The summed E-state index contributed by atoms with van der Waals surface area (Å²) in [5.41, 5.74) is 2.80. The van der Waals surface area contributed by atoms with Gasteiger partial charge in [-0.3, -0.25) is 4.90 Å². The van der Waals surface area contributed by atoms with Crippen molar-refractivity contribution in [1.29, 1.82) is 0 Å². The topological polar surface area (TPSA) is 49.2 Å². The van der Waals surface area contributed by atoms with Crippen molar-refractivity contribution < 1.29 is 5.11 Å². The normalized spacial score (nSPS) is 29.6. The van der Waals surface area contributed by atoms with E-state index in [1.165, 1.54) is 12.0 Å². The van der Waals surface area contributed by atoms with Crippen LogP contribution in [0.2, 0.25) is 0 Å². The molecule has 0 bridgehead atoms. The lowest BCUT2D eigenvalue weighted by Crippen LogP contribution is -2.42. The Balaban J connectivity index is 1.53. The van der Waals surface area contributed by atoms with Crippen LogP contribution in [0.5, 0.6) is 0 Å².